The molecule has 0 saturated heterocycles. The van der Waals surface area contributed by atoms with E-state index in [4.69, 9.17) is 16.3 Å². The number of benzene rings is 3. The number of carbonyl (C=O) groups excluding carboxylic acids is 1. The molecule has 0 radical (unpaired) electrons. The fourth-order valence-electron chi connectivity index (χ4n) is 5.08. The summed E-state index contributed by atoms with van der Waals surface area (Å²) in [6.07, 6.45) is -0.952. The van der Waals surface area contributed by atoms with Crippen molar-refractivity contribution in [3.8, 4) is 5.75 Å². The van der Waals surface area contributed by atoms with Gasteiger partial charge in [-0.25, -0.2) is 4.79 Å². The van der Waals surface area contributed by atoms with Crippen molar-refractivity contribution in [2.75, 3.05) is 0 Å². The summed E-state index contributed by atoms with van der Waals surface area (Å²) in [5.74, 6) is -0.433. The predicted octanol–water partition coefficient (Wildman–Crippen LogP) is 8.06. The van der Waals surface area contributed by atoms with Crippen molar-refractivity contribution < 1.29 is 19.4 Å². The van der Waals surface area contributed by atoms with Gasteiger partial charge in [-0.1, -0.05) is 63.6 Å². The van der Waals surface area contributed by atoms with Crippen LogP contribution < -0.4 is 10.1 Å². The Labute approximate surface area is 247 Å². The summed E-state index contributed by atoms with van der Waals surface area (Å²) in [6.45, 7) is 14.5. The highest BCUT2D eigenvalue weighted by molar-refractivity contribution is 6.31. The van der Waals surface area contributed by atoms with Crippen molar-refractivity contribution >= 4 is 34.4 Å². The number of amides is 1. The number of carboxylic acid groups (broad SMARTS) is 1. The van der Waals surface area contributed by atoms with E-state index >= 15 is 0 Å². The van der Waals surface area contributed by atoms with E-state index in [0.29, 0.717) is 28.8 Å². The number of hydrogen-bond donors (Lipinski definition) is 2. The topological polar surface area (TPSA) is 80.6 Å². The fraction of sp³-hybridized carbons (Fsp3) is 0.353. The van der Waals surface area contributed by atoms with E-state index in [1.807, 2.05) is 58.0 Å². The Bertz CT molecular complexity index is 1590. The fourth-order valence-corrected chi connectivity index (χ4v) is 5.26. The molecular formula is C34H39ClN2O4. The minimum Gasteiger partial charge on any atom is -0.478 e. The molecule has 0 fully saturated rings. The first-order valence-electron chi connectivity index (χ1n) is 14.0. The maximum absolute atomic E-state index is 13.3. The molecule has 0 bridgehead atoms. The molecule has 4 rings (SSSR count). The summed E-state index contributed by atoms with van der Waals surface area (Å²) in [5.41, 5.74) is 6.88. The van der Waals surface area contributed by atoms with Crippen molar-refractivity contribution in [2.24, 2.45) is 5.92 Å². The molecule has 41 heavy (non-hydrogen) atoms. The highest BCUT2D eigenvalue weighted by Gasteiger charge is 2.24. The van der Waals surface area contributed by atoms with Gasteiger partial charge in [0, 0.05) is 39.6 Å². The SMILES string of the molecule is Cc1c(C)n(Cc2cc(OC(C(=O)O)C(C)C)ccc2Cl)c2ccc(C(=O)N[C@@H](C)c3cccc(C(C)C)c3)cc12. The lowest BCUT2D eigenvalue weighted by molar-refractivity contribution is -0.147. The lowest BCUT2D eigenvalue weighted by atomic mass is 9.98. The Morgan fingerprint density at radius 2 is 1.66 bits per heavy atom. The van der Waals surface area contributed by atoms with Crippen LogP contribution in [-0.2, 0) is 11.3 Å². The summed E-state index contributed by atoms with van der Waals surface area (Å²) in [6, 6.07) is 19.2. The first-order valence-corrected chi connectivity index (χ1v) is 14.4. The largest absolute Gasteiger partial charge is 0.478 e. The van der Waals surface area contributed by atoms with Crippen molar-refractivity contribution in [2.45, 2.75) is 73.1 Å². The molecule has 0 saturated carbocycles. The molecule has 2 atom stereocenters. The van der Waals surface area contributed by atoms with E-state index in [-0.39, 0.29) is 17.9 Å². The molecule has 4 aromatic rings. The van der Waals surface area contributed by atoms with Gasteiger partial charge in [0.15, 0.2) is 6.10 Å². The normalized spacial score (nSPS) is 13.0. The molecule has 1 heterocycles. The lowest BCUT2D eigenvalue weighted by Gasteiger charge is -2.19. The molecule has 1 amide bonds. The second-order valence-corrected chi connectivity index (χ2v) is 11.8. The van der Waals surface area contributed by atoms with Gasteiger partial charge in [-0.15, -0.1) is 0 Å². The van der Waals surface area contributed by atoms with Gasteiger partial charge in [-0.3, -0.25) is 4.79 Å². The molecule has 3 aromatic carbocycles. The van der Waals surface area contributed by atoms with Crippen molar-refractivity contribution in [3.63, 3.8) is 0 Å². The predicted molar refractivity (Wildman–Crippen MR) is 165 cm³/mol. The van der Waals surface area contributed by atoms with E-state index in [9.17, 15) is 14.7 Å². The van der Waals surface area contributed by atoms with E-state index in [2.05, 4.69) is 42.8 Å². The number of halogens is 1. The second-order valence-electron chi connectivity index (χ2n) is 11.4. The summed E-state index contributed by atoms with van der Waals surface area (Å²) in [7, 11) is 0. The Morgan fingerprint density at radius 1 is 0.951 bits per heavy atom. The van der Waals surface area contributed by atoms with Crippen LogP contribution in [0.1, 0.15) is 84.9 Å². The number of nitrogens with zero attached hydrogens (tertiary/aromatic N) is 1. The van der Waals surface area contributed by atoms with E-state index in [0.717, 1.165) is 33.3 Å². The van der Waals surface area contributed by atoms with E-state index < -0.39 is 12.1 Å². The number of carboxylic acids is 1. The summed E-state index contributed by atoms with van der Waals surface area (Å²) in [4.78, 5) is 24.9. The highest BCUT2D eigenvalue weighted by Crippen LogP contribution is 2.31. The summed E-state index contributed by atoms with van der Waals surface area (Å²) >= 11 is 6.57. The van der Waals surface area contributed by atoms with Gasteiger partial charge in [-0.05, 0) is 85.3 Å². The summed E-state index contributed by atoms with van der Waals surface area (Å²) < 4.78 is 7.97. The Kier molecular flexibility index (Phi) is 9.13. The van der Waals surface area contributed by atoms with Crippen LogP contribution in [-0.4, -0.2) is 27.7 Å². The Balaban J connectivity index is 1.59. The van der Waals surface area contributed by atoms with Gasteiger partial charge in [-0.2, -0.15) is 0 Å². The average molecular weight is 575 g/mol. The molecule has 0 aliphatic rings. The third-order valence-electron chi connectivity index (χ3n) is 7.78. The Hall–Kier alpha value is -3.77. The van der Waals surface area contributed by atoms with Crippen molar-refractivity contribution in [1.29, 1.82) is 0 Å². The summed E-state index contributed by atoms with van der Waals surface area (Å²) in [5, 5.41) is 14.3. The number of ether oxygens (including phenoxy) is 1. The maximum atomic E-state index is 13.3. The molecule has 2 N–H and O–H groups in total. The van der Waals surface area contributed by atoms with E-state index in [1.165, 1.54) is 5.56 Å². The third kappa shape index (κ3) is 6.59. The van der Waals surface area contributed by atoms with Gasteiger partial charge in [0.1, 0.15) is 5.75 Å². The first-order chi connectivity index (χ1) is 19.4. The highest BCUT2D eigenvalue weighted by atomic mass is 35.5. The second kappa shape index (κ2) is 12.4. The molecule has 1 aromatic heterocycles. The number of rotatable bonds is 10. The van der Waals surface area contributed by atoms with Crippen LogP contribution in [0.4, 0.5) is 0 Å². The van der Waals surface area contributed by atoms with E-state index in [1.54, 1.807) is 18.2 Å². The van der Waals surface area contributed by atoms with Crippen LogP contribution in [0, 0.1) is 19.8 Å². The van der Waals surface area contributed by atoms with Gasteiger partial charge >= 0.3 is 5.97 Å². The molecule has 0 aliphatic heterocycles. The zero-order valence-electron chi connectivity index (χ0n) is 24.8. The van der Waals surface area contributed by atoms with Crippen LogP contribution in [0.3, 0.4) is 0 Å². The first kappa shape index (κ1) is 30.2. The molecule has 0 aliphatic carbocycles. The molecule has 216 valence electrons. The van der Waals surface area contributed by atoms with Gasteiger partial charge in [0.2, 0.25) is 0 Å². The van der Waals surface area contributed by atoms with Crippen LogP contribution >= 0.6 is 11.6 Å². The van der Waals surface area contributed by atoms with Gasteiger partial charge < -0.3 is 19.7 Å². The smallest absolute Gasteiger partial charge is 0.345 e. The number of hydrogen-bond acceptors (Lipinski definition) is 3. The van der Waals surface area contributed by atoms with Crippen LogP contribution in [0.15, 0.2) is 60.7 Å². The third-order valence-corrected chi connectivity index (χ3v) is 8.15. The van der Waals surface area contributed by atoms with Crippen LogP contribution in [0.2, 0.25) is 5.02 Å². The molecular weight excluding hydrogens is 536 g/mol. The minimum absolute atomic E-state index is 0.120. The maximum Gasteiger partial charge on any atom is 0.345 e. The van der Waals surface area contributed by atoms with Gasteiger partial charge in [0.05, 0.1) is 6.04 Å². The monoisotopic (exact) mass is 574 g/mol. The zero-order chi connectivity index (χ0) is 30.0. The average Bonchev–Trinajstić information content (AvgIpc) is 3.17. The molecule has 6 nitrogen and oxygen atoms in total. The van der Waals surface area contributed by atoms with Gasteiger partial charge in [0.25, 0.3) is 5.91 Å². The number of aliphatic carboxylic acids is 1. The van der Waals surface area contributed by atoms with Crippen molar-refractivity contribution in [3.05, 3.63) is 99.2 Å². The molecule has 7 heteroatoms. The standard InChI is InChI=1S/C34H39ClN2O4/c1-19(2)24-9-8-10-25(15-24)22(6)36-33(38)26-11-14-31-29(17-26)21(5)23(7)37(31)18-27-16-28(12-13-30(27)35)41-32(20(3)4)34(39)40/h8-17,19-20,22,32H,18H2,1-7H3,(H,36,38)(H,39,40)/t22-,32?/m0/s1. The van der Waals surface area contributed by atoms with Crippen molar-refractivity contribution in [1.82, 2.24) is 9.88 Å². The van der Waals surface area contributed by atoms with Crippen LogP contribution in [0.25, 0.3) is 10.9 Å². The minimum atomic E-state index is -1.00. The lowest BCUT2D eigenvalue weighted by Crippen LogP contribution is -2.32. The number of fused-ring (bicyclic) bond motifs is 1. The number of carbonyl (C=O) groups is 2. The zero-order valence-corrected chi connectivity index (χ0v) is 25.5. The quantitative estimate of drug-likeness (QED) is 0.201. The Morgan fingerprint density at radius 3 is 2.32 bits per heavy atom. The van der Waals surface area contributed by atoms with Crippen LogP contribution in [0.5, 0.6) is 5.75 Å². The molecule has 0 spiro atoms. The number of aromatic nitrogens is 1. The number of nitrogens with one attached hydrogen (secondary N) is 1. The number of aryl methyl sites for hydroxylation is 1. The molecule has 1 unspecified atom stereocenters.